The van der Waals surface area contributed by atoms with E-state index in [0.717, 1.165) is 11.1 Å². The minimum Gasteiger partial charge on any atom is -0.320 e. The van der Waals surface area contributed by atoms with Crippen molar-refractivity contribution in [1.82, 2.24) is 0 Å². The van der Waals surface area contributed by atoms with E-state index in [2.05, 4.69) is 10.0 Å². The zero-order chi connectivity index (χ0) is 9.26. The first-order valence-corrected chi connectivity index (χ1v) is 3.94. The molecule has 1 aromatic carbocycles. The lowest BCUT2D eigenvalue weighted by Gasteiger charge is -2.05. The predicted octanol–water partition coefficient (Wildman–Crippen LogP) is 2.35. The van der Waals surface area contributed by atoms with Gasteiger partial charge >= 0.3 is 0 Å². The monoisotopic (exact) mass is 172 g/mol. The van der Waals surface area contributed by atoms with Crippen LogP contribution in [-0.2, 0) is 0 Å². The Morgan fingerprint density at radius 3 is 2.85 bits per heavy atom. The first-order chi connectivity index (χ1) is 6.33. The van der Waals surface area contributed by atoms with E-state index < -0.39 is 0 Å². The van der Waals surface area contributed by atoms with E-state index >= 15 is 0 Å². The molecule has 64 valence electrons. The van der Waals surface area contributed by atoms with Crippen LogP contribution in [0.15, 0.2) is 35.1 Å². The second-order valence-electron chi connectivity index (χ2n) is 2.87. The fourth-order valence-electron chi connectivity index (χ4n) is 1.48. The molecule has 1 aliphatic rings. The molecule has 2 rings (SSSR count). The molecule has 13 heavy (non-hydrogen) atoms. The highest BCUT2D eigenvalue weighted by atomic mass is 15.1. The largest absolute Gasteiger partial charge is 0.320 e. The van der Waals surface area contributed by atoms with Crippen molar-refractivity contribution in [3.8, 4) is 0 Å². The Morgan fingerprint density at radius 1 is 1.38 bits per heavy atom. The van der Waals surface area contributed by atoms with Crippen molar-refractivity contribution in [1.29, 1.82) is 0 Å². The molecule has 0 radical (unpaired) electrons. The third kappa shape index (κ3) is 1.18. The van der Waals surface area contributed by atoms with Crippen molar-refractivity contribution in [2.24, 2.45) is 10.8 Å². The van der Waals surface area contributed by atoms with E-state index in [1.54, 1.807) is 0 Å². The van der Waals surface area contributed by atoms with E-state index in [9.17, 15) is 0 Å². The summed E-state index contributed by atoms with van der Waals surface area (Å²) >= 11 is 0. The van der Waals surface area contributed by atoms with Crippen LogP contribution in [0.4, 0.5) is 0 Å². The molecule has 0 aliphatic heterocycles. The first-order valence-electron chi connectivity index (χ1n) is 3.94. The van der Waals surface area contributed by atoms with Crippen LogP contribution >= 0.6 is 0 Å². The normalized spacial score (nSPS) is 18.8. The first kappa shape index (κ1) is 7.86. The second kappa shape index (κ2) is 2.94. The molecule has 1 aromatic rings. The van der Waals surface area contributed by atoms with Gasteiger partial charge in [0.05, 0.1) is 6.04 Å². The van der Waals surface area contributed by atoms with Crippen LogP contribution < -0.4 is 5.73 Å². The van der Waals surface area contributed by atoms with Gasteiger partial charge < -0.3 is 5.73 Å². The summed E-state index contributed by atoms with van der Waals surface area (Å²) in [4.78, 5) is 2.73. The summed E-state index contributed by atoms with van der Waals surface area (Å²) in [7, 11) is 0. The molecule has 0 saturated carbocycles. The van der Waals surface area contributed by atoms with Gasteiger partial charge in [-0.05, 0) is 22.7 Å². The molecule has 4 nitrogen and oxygen atoms in total. The van der Waals surface area contributed by atoms with E-state index in [1.165, 1.54) is 0 Å². The lowest BCUT2D eigenvalue weighted by Crippen LogP contribution is -2.08. The third-order valence-electron chi connectivity index (χ3n) is 2.11. The minimum absolute atomic E-state index is 0.271. The van der Waals surface area contributed by atoms with Crippen molar-refractivity contribution < 1.29 is 0 Å². The predicted molar refractivity (Wildman–Crippen MR) is 50.5 cm³/mol. The number of azide groups is 1. The maximum Gasteiger partial charge on any atom is 0.0583 e. The number of fused-ring (bicyclic) bond motifs is 1. The van der Waals surface area contributed by atoms with Gasteiger partial charge in [-0.15, -0.1) is 0 Å². The average molecular weight is 172 g/mol. The van der Waals surface area contributed by atoms with Crippen LogP contribution in [0.1, 0.15) is 17.2 Å². The summed E-state index contributed by atoms with van der Waals surface area (Å²) in [5.41, 5.74) is 16.8. The van der Waals surface area contributed by atoms with Gasteiger partial charge in [-0.1, -0.05) is 29.4 Å². The second-order valence-corrected chi connectivity index (χ2v) is 2.87. The van der Waals surface area contributed by atoms with Crippen LogP contribution in [0.5, 0.6) is 0 Å². The Bertz CT molecular complexity index is 415. The van der Waals surface area contributed by atoms with Crippen molar-refractivity contribution in [3.05, 3.63) is 51.5 Å². The Labute approximate surface area is 75.3 Å². The molecular weight excluding hydrogens is 164 g/mol. The maximum absolute atomic E-state index is 8.29. The fraction of sp³-hybridized carbons (Fsp3) is 0.111. The van der Waals surface area contributed by atoms with Crippen molar-refractivity contribution >= 4 is 6.08 Å². The molecule has 0 bridgehead atoms. The average Bonchev–Trinajstić information content (AvgIpc) is 2.46. The maximum atomic E-state index is 8.29. The Kier molecular flexibility index (Phi) is 1.77. The molecule has 0 amide bonds. The van der Waals surface area contributed by atoms with Crippen LogP contribution in [-0.4, -0.2) is 0 Å². The number of benzene rings is 1. The molecule has 4 heteroatoms. The zero-order valence-corrected chi connectivity index (χ0v) is 6.88. The highest BCUT2D eigenvalue weighted by molar-refractivity contribution is 5.65. The number of nitrogens with two attached hydrogens (primary N) is 1. The van der Waals surface area contributed by atoms with Crippen LogP contribution in [0, 0.1) is 0 Å². The summed E-state index contributed by atoms with van der Waals surface area (Å²) in [6.07, 6.45) is 1.82. The summed E-state index contributed by atoms with van der Waals surface area (Å²) in [6.45, 7) is 0. The SMILES string of the molecule is [N-]=[N+]=NC1=Cc2ccccc2C1N. The molecular formula is C9H8N4. The van der Waals surface area contributed by atoms with Gasteiger partial charge in [0.1, 0.15) is 0 Å². The van der Waals surface area contributed by atoms with E-state index in [1.807, 2.05) is 30.3 Å². The minimum atomic E-state index is -0.271. The topological polar surface area (TPSA) is 74.8 Å². The Hall–Kier alpha value is -1.77. The molecule has 2 N–H and O–H groups in total. The smallest absolute Gasteiger partial charge is 0.0583 e. The fourth-order valence-corrected chi connectivity index (χ4v) is 1.48. The van der Waals surface area contributed by atoms with Crippen molar-refractivity contribution in [3.63, 3.8) is 0 Å². The van der Waals surface area contributed by atoms with Crippen molar-refractivity contribution in [2.75, 3.05) is 0 Å². The quantitative estimate of drug-likeness (QED) is 0.394. The van der Waals surface area contributed by atoms with Gasteiger partial charge in [-0.3, -0.25) is 0 Å². The van der Waals surface area contributed by atoms with E-state index in [-0.39, 0.29) is 6.04 Å². The summed E-state index contributed by atoms with van der Waals surface area (Å²) in [5, 5.41) is 3.54. The van der Waals surface area contributed by atoms with E-state index in [4.69, 9.17) is 11.3 Å². The summed E-state index contributed by atoms with van der Waals surface area (Å²) in [5.74, 6) is 0. The van der Waals surface area contributed by atoms with Gasteiger partial charge in [-0.25, -0.2) is 0 Å². The third-order valence-corrected chi connectivity index (χ3v) is 2.11. The highest BCUT2D eigenvalue weighted by Crippen LogP contribution is 2.32. The number of rotatable bonds is 1. The van der Waals surface area contributed by atoms with Gasteiger partial charge in [0, 0.05) is 10.6 Å². The van der Waals surface area contributed by atoms with Gasteiger partial charge in [0.25, 0.3) is 0 Å². The summed E-state index contributed by atoms with van der Waals surface area (Å²) in [6, 6.07) is 7.48. The Balaban J connectivity index is 2.50. The van der Waals surface area contributed by atoms with Crippen LogP contribution in [0.3, 0.4) is 0 Å². The van der Waals surface area contributed by atoms with Crippen LogP contribution in [0.25, 0.3) is 16.5 Å². The van der Waals surface area contributed by atoms with Crippen LogP contribution in [0.2, 0.25) is 0 Å². The molecule has 1 atom stereocenters. The number of nitrogens with zero attached hydrogens (tertiary/aromatic N) is 3. The van der Waals surface area contributed by atoms with Gasteiger partial charge in [-0.2, -0.15) is 0 Å². The molecule has 0 aromatic heterocycles. The molecule has 1 aliphatic carbocycles. The molecule has 0 saturated heterocycles. The standard InChI is InChI=1S/C9H8N4/c10-9-7-4-2-1-3-6(7)5-8(9)12-13-11/h1-5,9H,10H2. The Morgan fingerprint density at radius 2 is 2.15 bits per heavy atom. The number of hydrogen-bond donors (Lipinski definition) is 1. The van der Waals surface area contributed by atoms with Gasteiger partial charge in [0.15, 0.2) is 0 Å². The molecule has 0 fully saturated rings. The lowest BCUT2D eigenvalue weighted by atomic mass is 10.1. The molecule has 0 spiro atoms. The van der Waals surface area contributed by atoms with Gasteiger partial charge in [0.2, 0.25) is 0 Å². The molecule has 0 heterocycles. The number of hydrogen-bond acceptors (Lipinski definition) is 2. The highest BCUT2D eigenvalue weighted by Gasteiger charge is 2.19. The molecule has 1 unspecified atom stereocenters. The summed E-state index contributed by atoms with van der Waals surface area (Å²) < 4.78 is 0. The van der Waals surface area contributed by atoms with Crippen molar-refractivity contribution in [2.45, 2.75) is 6.04 Å². The zero-order valence-electron chi connectivity index (χ0n) is 6.88. The van der Waals surface area contributed by atoms with E-state index in [0.29, 0.717) is 5.70 Å². The lowest BCUT2D eigenvalue weighted by molar-refractivity contribution is 0.854.